The molecule has 2 fully saturated rings. The first-order valence-corrected chi connectivity index (χ1v) is 8.71. The molecule has 3 rings (SSSR count). The highest BCUT2D eigenvalue weighted by atomic mass is 32.2. The van der Waals surface area contributed by atoms with Gasteiger partial charge >= 0.3 is 6.09 Å². The minimum absolute atomic E-state index is 0.0872. The molecule has 0 aliphatic carbocycles. The second kappa shape index (κ2) is 7.04. The molecule has 2 aliphatic rings. The Balaban J connectivity index is 1.64. The van der Waals surface area contributed by atoms with Crippen LogP contribution in [0.15, 0.2) is 30.3 Å². The van der Waals surface area contributed by atoms with Crippen molar-refractivity contribution in [1.82, 2.24) is 9.80 Å². The molecule has 0 bridgehead atoms. The summed E-state index contributed by atoms with van der Waals surface area (Å²) in [4.78, 5) is 39.5. The fourth-order valence-corrected chi connectivity index (χ4v) is 3.69. The highest BCUT2D eigenvalue weighted by Gasteiger charge is 2.43. The zero-order valence-electron chi connectivity index (χ0n) is 12.6. The first-order valence-electron chi connectivity index (χ1n) is 7.56. The van der Waals surface area contributed by atoms with Gasteiger partial charge in [-0.3, -0.25) is 9.59 Å². The van der Waals surface area contributed by atoms with Crippen LogP contribution in [0.2, 0.25) is 0 Å². The second-order valence-electron chi connectivity index (χ2n) is 5.50. The van der Waals surface area contributed by atoms with Gasteiger partial charge in [0, 0.05) is 18.7 Å². The number of carbonyl (C=O) groups excluding carboxylic acids is 3. The molecule has 1 atom stereocenters. The second-order valence-corrected chi connectivity index (χ2v) is 6.57. The number of ether oxygens (including phenoxy) is 1. The van der Waals surface area contributed by atoms with E-state index in [4.69, 9.17) is 4.74 Å². The largest absolute Gasteiger partial charge is 0.444 e. The van der Waals surface area contributed by atoms with Crippen molar-refractivity contribution in [2.75, 3.05) is 18.2 Å². The molecule has 122 valence electrons. The van der Waals surface area contributed by atoms with Crippen LogP contribution >= 0.6 is 11.8 Å². The smallest absolute Gasteiger partial charge is 0.417 e. The van der Waals surface area contributed by atoms with Crippen LogP contribution in [0.4, 0.5) is 4.79 Å². The zero-order valence-corrected chi connectivity index (χ0v) is 13.5. The predicted molar refractivity (Wildman–Crippen MR) is 85.5 cm³/mol. The number of carbonyl (C=O) groups is 3. The number of nitrogens with zero attached hydrogens (tertiary/aromatic N) is 2. The monoisotopic (exact) mass is 334 g/mol. The van der Waals surface area contributed by atoms with E-state index >= 15 is 0 Å². The van der Waals surface area contributed by atoms with Crippen molar-refractivity contribution >= 4 is 29.7 Å². The Morgan fingerprint density at radius 3 is 2.74 bits per heavy atom. The van der Waals surface area contributed by atoms with E-state index in [1.54, 1.807) is 16.7 Å². The molecule has 1 aromatic rings. The molecule has 0 radical (unpaired) electrons. The van der Waals surface area contributed by atoms with E-state index in [1.807, 2.05) is 30.3 Å². The number of amides is 3. The molecular weight excluding hydrogens is 316 g/mol. The summed E-state index contributed by atoms with van der Waals surface area (Å²) < 4.78 is 5.22. The van der Waals surface area contributed by atoms with Crippen molar-refractivity contribution in [3.63, 3.8) is 0 Å². The van der Waals surface area contributed by atoms with E-state index in [2.05, 4.69) is 0 Å². The van der Waals surface area contributed by atoms with E-state index in [0.717, 1.165) is 16.2 Å². The lowest BCUT2D eigenvalue weighted by Gasteiger charge is -2.25. The van der Waals surface area contributed by atoms with Crippen LogP contribution in [0, 0.1) is 0 Å². The van der Waals surface area contributed by atoms with Crippen molar-refractivity contribution in [3.8, 4) is 0 Å². The maximum atomic E-state index is 12.5. The molecule has 0 N–H and O–H groups in total. The lowest BCUT2D eigenvalue weighted by atomic mass is 10.2. The van der Waals surface area contributed by atoms with Crippen molar-refractivity contribution in [2.45, 2.75) is 25.5 Å². The van der Waals surface area contributed by atoms with Crippen molar-refractivity contribution in [3.05, 3.63) is 35.9 Å². The van der Waals surface area contributed by atoms with Crippen LogP contribution in [-0.4, -0.2) is 51.9 Å². The average Bonchev–Trinajstić information content (AvgIpc) is 3.22. The molecular formula is C16H18N2O4S. The Bertz CT molecular complexity index is 601. The number of likely N-dealkylation sites (tertiary alicyclic amines) is 1. The van der Waals surface area contributed by atoms with E-state index in [1.165, 1.54) is 0 Å². The summed E-state index contributed by atoms with van der Waals surface area (Å²) in [5, 5.41) is 0. The van der Waals surface area contributed by atoms with E-state index < -0.39 is 12.1 Å². The highest BCUT2D eigenvalue weighted by Crippen LogP contribution is 2.24. The summed E-state index contributed by atoms with van der Waals surface area (Å²) in [6.45, 7) is 0.755. The van der Waals surface area contributed by atoms with Gasteiger partial charge < -0.3 is 9.64 Å². The molecule has 0 spiro atoms. The van der Waals surface area contributed by atoms with Crippen molar-refractivity contribution in [1.29, 1.82) is 0 Å². The fraction of sp³-hybridized carbons (Fsp3) is 0.438. The van der Waals surface area contributed by atoms with E-state index in [9.17, 15) is 14.4 Å². The van der Waals surface area contributed by atoms with Gasteiger partial charge in [-0.15, -0.1) is 11.8 Å². The van der Waals surface area contributed by atoms with Gasteiger partial charge in [0.1, 0.15) is 12.6 Å². The van der Waals surface area contributed by atoms with Crippen molar-refractivity contribution < 1.29 is 19.1 Å². The first-order chi connectivity index (χ1) is 11.2. The first kappa shape index (κ1) is 15.9. The standard InChI is InChI=1S/C16H18N2O4S/c19-14-7-6-13(15(20)17-8-9-23-11-17)18(14)16(21)22-10-12-4-2-1-3-5-12/h1-5,13H,6-11H2/t13-/m1/s1. The minimum Gasteiger partial charge on any atom is -0.444 e. The number of imide groups is 1. The number of hydrogen-bond acceptors (Lipinski definition) is 5. The Labute approximate surface area is 138 Å². The number of hydrogen-bond donors (Lipinski definition) is 0. The van der Waals surface area contributed by atoms with E-state index in [-0.39, 0.29) is 24.8 Å². The van der Waals surface area contributed by atoms with Crippen LogP contribution in [0.3, 0.4) is 0 Å². The Hall–Kier alpha value is -2.02. The SMILES string of the molecule is O=C([C@H]1CCC(=O)N1C(=O)OCc1ccccc1)N1CCSC1. The van der Waals surface area contributed by atoms with Gasteiger partial charge in [0.05, 0.1) is 5.88 Å². The third-order valence-electron chi connectivity index (χ3n) is 3.96. The quantitative estimate of drug-likeness (QED) is 0.844. The Morgan fingerprint density at radius 2 is 2.04 bits per heavy atom. The van der Waals surface area contributed by atoms with Crippen LogP contribution in [0.25, 0.3) is 0 Å². The summed E-state index contributed by atoms with van der Waals surface area (Å²) in [6.07, 6.45) is -0.154. The highest BCUT2D eigenvalue weighted by molar-refractivity contribution is 7.99. The van der Waals surface area contributed by atoms with E-state index in [0.29, 0.717) is 18.8 Å². The number of rotatable bonds is 3. The zero-order chi connectivity index (χ0) is 16.2. The summed E-state index contributed by atoms with van der Waals surface area (Å²) in [5.74, 6) is 1.02. The third kappa shape index (κ3) is 3.50. The number of benzene rings is 1. The lowest BCUT2D eigenvalue weighted by molar-refractivity contribution is -0.139. The third-order valence-corrected chi connectivity index (χ3v) is 4.93. The predicted octanol–water partition coefficient (Wildman–Crippen LogP) is 1.85. The Kier molecular flexibility index (Phi) is 4.85. The summed E-state index contributed by atoms with van der Waals surface area (Å²) >= 11 is 1.67. The molecule has 2 heterocycles. The molecule has 0 saturated carbocycles. The summed E-state index contributed by atoms with van der Waals surface area (Å²) in [7, 11) is 0. The van der Waals surface area contributed by atoms with Crippen molar-refractivity contribution in [2.24, 2.45) is 0 Å². The van der Waals surface area contributed by atoms with Gasteiger partial charge in [-0.25, -0.2) is 9.69 Å². The molecule has 6 nitrogen and oxygen atoms in total. The number of thioether (sulfide) groups is 1. The normalized spacial score (nSPS) is 20.9. The van der Waals surface area contributed by atoms with Gasteiger partial charge in [-0.1, -0.05) is 30.3 Å². The van der Waals surface area contributed by atoms with Gasteiger partial charge in [0.25, 0.3) is 0 Å². The van der Waals surface area contributed by atoms with Crippen LogP contribution < -0.4 is 0 Å². The lowest BCUT2D eigenvalue weighted by Crippen LogP contribution is -2.48. The fourth-order valence-electron chi connectivity index (χ4n) is 2.73. The molecule has 3 amide bonds. The average molecular weight is 334 g/mol. The van der Waals surface area contributed by atoms with Gasteiger partial charge in [0.2, 0.25) is 11.8 Å². The van der Waals surface area contributed by atoms with Gasteiger partial charge in [0.15, 0.2) is 0 Å². The molecule has 2 saturated heterocycles. The Morgan fingerprint density at radius 1 is 1.26 bits per heavy atom. The maximum absolute atomic E-state index is 12.5. The molecule has 0 aromatic heterocycles. The summed E-state index contributed by atoms with van der Waals surface area (Å²) in [5.41, 5.74) is 0.839. The van der Waals surface area contributed by atoms with Gasteiger partial charge in [-0.05, 0) is 12.0 Å². The molecule has 2 aliphatic heterocycles. The van der Waals surface area contributed by atoms with Gasteiger partial charge in [-0.2, -0.15) is 0 Å². The molecule has 0 unspecified atom stereocenters. The van der Waals surface area contributed by atoms with Crippen LogP contribution in [0.5, 0.6) is 0 Å². The topological polar surface area (TPSA) is 66.9 Å². The summed E-state index contributed by atoms with van der Waals surface area (Å²) in [6, 6.07) is 8.53. The maximum Gasteiger partial charge on any atom is 0.417 e. The molecule has 23 heavy (non-hydrogen) atoms. The minimum atomic E-state index is -0.735. The van der Waals surface area contributed by atoms with Crippen LogP contribution in [-0.2, 0) is 20.9 Å². The molecule has 1 aromatic carbocycles. The molecule has 7 heteroatoms. The van der Waals surface area contributed by atoms with Crippen LogP contribution in [0.1, 0.15) is 18.4 Å².